The third-order valence-electron chi connectivity index (χ3n) is 2.92. The van der Waals surface area contributed by atoms with Crippen molar-refractivity contribution in [1.82, 2.24) is 0 Å². The van der Waals surface area contributed by atoms with Crippen molar-refractivity contribution in [3.05, 3.63) is 57.8 Å². The molecule has 2 aromatic carbocycles. The molecule has 0 aliphatic heterocycles. The lowest BCUT2D eigenvalue weighted by Crippen LogP contribution is -2.14. The molecule has 5 nitrogen and oxygen atoms in total. The van der Waals surface area contributed by atoms with Crippen molar-refractivity contribution in [1.29, 1.82) is 0 Å². The molecule has 0 spiro atoms. The molecular weight excluding hydrogens is 377 g/mol. The number of hydrogen-bond acceptors (Lipinski definition) is 3. The molecule has 0 unspecified atom stereocenters. The topological polar surface area (TPSA) is 83.5 Å². The maximum absolute atomic E-state index is 13.5. The first-order valence-electron chi connectivity index (χ1n) is 6.02. The monoisotopic (exact) mass is 387 g/mol. The molecule has 0 saturated heterocycles. The number of hydrogen-bond donors (Lipinski definition) is 2. The van der Waals surface area contributed by atoms with Crippen LogP contribution in [0.15, 0.2) is 45.8 Å². The second-order valence-corrected chi connectivity index (χ2v) is 7.05. The fraction of sp³-hybridized carbons (Fsp3) is 0.0714. The van der Waals surface area contributed by atoms with E-state index in [1.165, 1.54) is 30.3 Å². The summed E-state index contributed by atoms with van der Waals surface area (Å²) in [5.41, 5.74) is 0.582. The maximum atomic E-state index is 13.5. The van der Waals surface area contributed by atoms with Crippen LogP contribution in [0.5, 0.6) is 0 Å². The molecule has 0 saturated carbocycles. The van der Waals surface area contributed by atoms with Crippen LogP contribution >= 0.6 is 15.9 Å². The van der Waals surface area contributed by atoms with E-state index in [2.05, 4.69) is 20.7 Å². The average Bonchev–Trinajstić information content (AvgIpc) is 2.43. The van der Waals surface area contributed by atoms with Gasteiger partial charge in [-0.05, 0) is 58.7 Å². The summed E-state index contributed by atoms with van der Waals surface area (Å²) < 4.78 is 40.2. The lowest BCUT2D eigenvalue weighted by molar-refractivity contribution is 0.0696. The van der Waals surface area contributed by atoms with E-state index >= 15 is 0 Å². The highest BCUT2D eigenvalue weighted by Gasteiger charge is 2.17. The van der Waals surface area contributed by atoms with E-state index in [4.69, 9.17) is 5.11 Å². The molecule has 0 aliphatic carbocycles. The second kappa shape index (κ2) is 6.05. The third kappa shape index (κ3) is 3.45. The third-order valence-corrected chi connectivity index (χ3v) is 4.94. The molecule has 22 heavy (non-hydrogen) atoms. The largest absolute Gasteiger partial charge is 0.478 e. The van der Waals surface area contributed by atoms with Crippen molar-refractivity contribution in [2.75, 3.05) is 4.72 Å². The van der Waals surface area contributed by atoms with E-state index in [0.29, 0.717) is 5.56 Å². The molecule has 0 atom stereocenters. The number of anilines is 1. The summed E-state index contributed by atoms with van der Waals surface area (Å²) in [5, 5.41) is 9.04. The number of benzene rings is 2. The van der Waals surface area contributed by atoms with Gasteiger partial charge in [0.25, 0.3) is 10.0 Å². The molecule has 0 bridgehead atoms. The fourth-order valence-corrected chi connectivity index (χ4v) is 3.08. The molecule has 0 aliphatic rings. The molecule has 0 aromatic heterocycles. The van der Waals surface area contributed by atoms with Gasteiger partial charge in [-0.25, -0.2) is 17.6 Å². The van der Waals surface area contributed by atoms with Gasteiger partial charge >= 0.3 is 5.97 Å². The van der Waals surface area contributed by atoms with Gasteiger partial charge in [0.1, 0.15) is 5.82 Å². The Balaban J connectivity index is 2.38. The van der Waals surface area contributed by atoms with Gasteiger partial charge < -0.3 is 5.11 Å². The summed E-state index contributed by atoms with van der Waals surface area (Å²) in [5.74, 6) is -1.87. The number of carboxylic acid groups (broad SMARTS) is 1. The van der Waals surface area contributed by atoms with Crippen molar-refractivity contribution in [3.63, 3.8) is 0 Å². The van der Waals surface area contributed by atoms with Crippen LogP contribution < -0.4 is 4.72 Å². The predicted molar refractivity (Wildman–Crippen MR) is 83.0 cm³/mol. The number of sulfonamides is 1. The quantitative estimate of drug-likeness (QED) is 0.841. The molecule has 116 valence electrons. The first-order valence-corrected chi connectivity index (χ1v) is 8.30. The fourth-order valence-electron chi connectivity index (χ4n) is 1.77. The van der Waals surface area contributed by atoms with Crippen molar-refractivity contribution in [3.8, 4) is 0 Å². The van der Waals surface area contributed by atoms with E-state index in [1.54, 1.807) is 6.92 Å². The highest BCUT2D eigenvalue weighted by atomic mass is 79.9. The maximum Gasteiger partial charge on any atom is 0.336 e. The summed E-state index contributed by atoms with van der Waals surface area (Å²) >= 11 is 2.94. The predicted octanol–water partition coefficient (Wildman–Crippen LogP) is 3.40. The number of aromatic carboxylic acids is 1. The van der Waals surface area contributed by atoms with Gasteiger partial charge in [0.05, 0.1) is 14.9 Å². The number of aryl methyl sites for hydroxylation is 1. The van der Waals surface area contributed by atoms with Gasteiger partial charge in [0.2, 0.25) is 0 Å². The zero-order valence-corrected chi connectivity index (χ0v) is 13.7. The molecule has 2 aromatic rings. The van der Waals surface area contributed by atoms with Gasteiger partial charge in [0, 0.05) is 5.69 Å². The Hall–Kier alpha value is -1.93. The highest BCUT2D eigenvalue weighted by molar-refractivity contribution is 9.10. The van der Waals surface area contributed by atoms with Crippen LogP contribution in [0.1, 0.15) is 15.9 Å². The van der Waals surface area contributed by atoms with Crippen molar-refractivity contribution in [2.24, 2.45) is 0 Å². The Bertz CT molecular complexity index is 852. The van der Waals surface area contributed by atoms with Crippen molar-refractivity contribution >= 4 is 37.6 Å². The first-order chi connectivity index (χ1) is 10.2. The Morgan fingerprint density at radius 1 is 1.23 bits per heavy atom. The minimum absolute atomic E-state index is 0.0119. The lowest BCUT2D eigenvalue weighted by Gasteiger charge is -2.10. The van der Waals surface area contributed by atoms with E-state index in [-0.39, 0.29) is 20.6 Å². The van der Waals surface area contributed by atoms with E-state index < -0.39 is 21.8 Å². The molecule has 0 fully saturated rings. The minimum atomic E-state index is -4.01. The van der Waals surface area contributed by atoms with Gasteiger partial charge in [-0.3, -0.25) is 4.72 Å². The van der Waals surface area contributed by atoms with Gasteiger partial charge in [-0.2, -0.15) is 0 Å². The summed E-state index contributed by atoms with van der Waals surface area (Å²) in [4.78, 5) is 10.8. The summed E-state index contributed by atoms with van der Waals surface area (Å²) in [7, 11) is -4.01. The van der Waals surface area contributed by atoms with Crippen LogP contribution in [0.3, 0.4) is 0 Å². The second-order valence-electron chi connectivity index (χ2n) is 4.52. The van der Waals surface area contributed by atoms with E-state index in [0.717, 1.165) is 6.07 Å². The van der Waals surface area contributed by atoms with Gasteiger partial charge in [-0.1, -0.05) is 6.07 Å². The Morgan fingerprint density at radius 3 is 2.50 bits per heavy atom. The van der Waals surface area contributed by atoms with Crippen LogP contribution in [0.4, 0.5) is 10.1 Å². The zero-order chi connectivity index (χ0) is 16.5. The van der Waals surface area contributed by atoms with Crippen molar-refractivity contribution < 1.29 is 22.7 Å². The molecule has 2 N–H and O–H groups in total. The van der Waals surface area contributed by atoms with Crippen LogP contribution in [0.25, 0.3) is 0 Å². The first kappa shape index (κ1) is 16.4. The van der Waals surface area contributed by atoms with Crippen LogP contribution in [-0.4, -0.2) is 19.5 Å². The number of rotatable bonds is 4. The SMILES string of the molecule is Cc1ccc(NS(=O)(=O)c2ccc(Br)c(F)c2)cc1C(=O)O. The van der Waals surface area contributed by atoms with E-state index in [1.807, 2.05) is 0 Å². The van der Waals surface area contributed by atoms with Gasteiger partial charge in [-0.15, -0.1) is 0 Å². The zero-order valence-electron chi connectivity index (χ0n) is 11.3. The van der Waals surface area contributed by atoms with Crippen molar-refractivity contribution in [2.45, 2.75) is 11.8 Å². The Kier molecular flexibility index (Phi) is 4.52. The molecule has 8 heteroatoms. The molecule has 2 rings (SSSR count). The smallest absolute Gasteiger partial charge is 0.336 e. The molecule has 0 amide bonds. The van der Waals surface area contributed by atoms with Crippen LogP contribution in [0, 0.1) is 12.7 Å². The normalized spacial score (nSPS) is 11.2. The van der Waals surface area contributed by atoms with Crippen LogP contribution in [0.2, 0.25) is 0 Å². The van der Waals surface area contributed by atoms with E-state index in [9.17, 15) is 17.6 Å². The number of carboxylic acids is 1. The Labute approximate surface area is 135 Å². The highest BCUT2D eigenvalue weighted by Crippen LogP contribution is 2.23. The molecule has 0 heterocycles. The van der Waals surface area contributed by atoms with Gasteiger partial charge in [0.15, 0.2) is 0 Å². The summed E-state index contributed by atoms with van der Waals surface area (Å²) in [6, 6.07) is 7.53. The average molecular weight is 388 g/mol. The lowest BCUT2D eigenvalue weighted by atomic mass is 10.1. The Morgan fingerprint density at radius 2 is 1.91 bits per heavy atom. The summed E-state index contributed by atoms with van der Waals surface area (Å²) in [6.45, 7) is 1.60. The number of carbonyl (C=O) groups is 1. The molecular formula is C14H11BrFNO4S. The van der Waals surface area contributed by atoms with Crippen LogP contribution in [-0.2, 0) is 10.0 Å². The minimum Gasteiger partial charge on any atom is -0.478 e. The molecule has 0 radical (unpaired) electrons. The standard InChI is InChI=1S/C14H11BrFNO4S/c1-8-2-3-9(6-11(8)14(18)19)17-22(20,21)10-4-5-12(15)13(16)7-10/h2-7,17H,1H3,(H,18,19). The number of nitrogens with one attached hydrogen (secondary N) is 1. The number of halogens is 2. The summed E-state index contributed by atoms with van der Waals surface area (Å²) in [6.07, 6.45) is 0.